The van der Waals surface area contributed by atoms with Crippen molar-refractivity contribution in [3.05, 3.63) is 69.3 Å². The van der Waals surface area contributed by atoms with Crippen molar-refractivity contribution in [1.82, 2.24) is 0 Å². The Morgan fingerprint density at radius 3 is 2.33 bits per heavy atom. The number of nitrogens with one attached hydrogen (secondary N) is 1. The van der Waals surface area contributed by atoms with Gasteiger partial charge >= 0.3 is 5.97 Å². The van der Waals surface area contributed by atoms with Crippen molar-refractivity contribution in [2.75, 3.05) is 17.3 Å². The molecule has 1 N–H and O–H groups in total. The number of amides is 2. The fourth-order valence-electron chi connectivity index (χ4n) is 2.61. The molecule has 2 amide bonds. The molecule has 8 heteroatoms. The minimum atomic E-state index is -0.638. The molecule has 0 saturated heterocycles. The molecule has 1 aliphatic heterocycles. The second kappa shape index (κ2) is 7.42. The summed E-state index contributed by atoms with van der Waals surface area (Å²) in [5.74, 6) is -1.71. The normalized spacial score (nSPS) is 14.0. The van der Waals surface area contributed by atoms with Gasteiger partial charge in [0, 0.05) is 10.7 Å². The van der Waals surface area contributed by atoms with E-state index in [1.165, 1.54) is 25.3 Å². The number of esters is 1. The standard InChI is InChI=1S/C19H14Cl2N2O4/c1-10-3-6-12(20)9-14(10)23-17(24)15(21)16(18(23)25)22-13-7-4-11(5-8-13)19(26)27-2/h3-9,22H,1-2H3. The molecule has 0 aromatic heterocycles. The number of anilines is 2. The first-order valence-corrected chi connectivity index (χ1v) is 8.59. The van der Waals surface area contributed by atoms with Gasteiger partial charge in [-0.15, -0.1) is 0 Å². The Kier molecular flexibility index (Phi) is 5.21. The predicted molar refractivity (Wildman–Crippen MR) is 103 cm³/mol. The van der Waals surface area contributed by atoms with E-state index >= 15 is 0 Å². The van der Waals surface area contributed by atoms with Gasteiger partial charge in [0.25, 0.3) is 11.8 Å². The number of methoxy groups -OCH3 is 1. The first-order chi connectivity index (χ1) is 12.8. The third kappa shape index (κ3) is 3.54. The number of benzene rings is 2. The largest absolute Gasteiger partial charge is 0.465 e. The highest BCUT2D eigenvalue weighted by molar-refractivity contribution is 6.53. The zero-order valence-electron chi connectivity index (χ0n) is 14.4. The lowest BCUT2D eigenvalue weighted by Gasteiger charge is -2.17. The highest BCUT2D eigenvalue weighted by atomic mass is 35.5. The summed E-state index contributed by atoms with van der Waals surface area (Å²) in [7, 11) is 1.29. The lowest BCUT2D eigenvalue weighted by molar-refractivity contribution is -0.120. The molecular weight excluding hydrogens is 391 g/mol. The van der Waals surface area contributed by atoms with Gasteiger partial charge in [-0.05, 0) is 48.9 Å². The monoisotopic (exact) mass is 404 g/mol. The van der Waals surface area contributed by atoms with Crippen LogP contribution < -0.4 is 10.2 Å². The van der Waals surface area contributed by atoms with Crippen LogP contribution in [0.15, 0.2) is 53.2 Å². The number of hydrogen-bond donors (Lipinski definition) is 1. The Hall–Kier alpha value is -2.83. The summed E-state index contributed by atoms with van der Waals surface area (Å²) in [6.45, 7) is 1.76. The average Bonchev–Trinajstić information content (AvgIpc) is 2.87. The maximum absolute atomic E-state index is 12.8. The van der Waals surface area contributed by atoms with E-state index in [0.717, 1.165) is 4.90 Å². The zero-order chi connectivity index (χ0) is 19.7. The molecule has 1 aliphatic rings. The van der Waals surface area contributed by atoms with Crippen LogP contribution in [0.2, 0.25) is 5.02 Å². The molecule has 138 valence electrons. The predicted octanol–water partition coefficient (Wildman–Crippen LogP) is 3.87. The fourth-order valence-corrected chi connectivity index (χ4v) is 2.98. The molecule has 0 atom stereocenters. The van der Waals surface area contributed by atoms with Crippen molar-refractivity contribution in [3.63, 3.8) is 0 Å². The van der Waals surface area contributed by atoms with E-state index in [-0.39, 0.29) is 10.7 Å². The first-order valence-electron chi connectivity index (χ1n) is 7.83. The van der Waals surface area contributed by atoms with Crippen LogP contribution in [0.3, 0.4) is 0 Å². The van der Waals surface area contributed by atoms with Crippen molar-refractivity contribution in [1.29, 1.82) is 0 Å². The minimum Gasteiger partial charge on any atom is -0.465 e. The van der Waals surface area contributed by atoms with Crippen molar-refractivity contribution in [2.45, 2.75) is 6.92 Å². The molecule has 3 rings (SSSR count). The summed E-state index contributed by atoms with van der Waals surface area (Å²) >= 11 is 12.1. The van der Waals surface area contributed by atoms with Gasteiger partial charge in [0.1, 0.15) is 10.7 Å². The van der Waals surface area contributed by atoms with Gasteiger partial charge in [-0.2, -0.15) is 0 Å². The number of nitrogens with zero attached hydrogens (tertiary/aromatic N) is 1. The zero-order valence-corrected chi connectivity index (χ0v) is 15.9. The minimum absolute atomic E-state index is 0.0492. The van der Waals surface area contributed by atoms with E-state index in [9.17, 15) is 14.4 Å². The lowest BCUT2D eigenvalue weighted by Crippen LogP contribution is -2.32. The molecule has 2 aromatic carbocycles. The Balaban J connectivity index is 1.88. The van der Waals surface area contributed by atoms with E-state index in [0.29, 0.717) is 27.5 Å². The topological polar surface area (TPSA) is 75.7 Å². The van der Waals surface area contributed by atoms with E-state index in [1.54, 1.807) is 31.2 Å². The average molecular weight is 405 g/mol. The van der Waals surface area contributed by atoms with Crippen molar-refractivity contribution in [2.24, 2.45) is 0 Å². The Bertz CT molecular complexity index is 984. The van der Waals surface area contributed by atoms with E-state index in [2.05, 4.69) is 10.1 Å². The summed E-state index contributed by atoms with van der Waals surface area (Å²) in [5.41, 5.74) is 1.87. The van der Waals surface area contributed by atoms with Crippen molar-refractivity contribution in [3.8, 4) is 0 Å². The third-order valence-corrected chi connectivity index (χ3v) is 4.60. The van der Waals surface area contributed by atoms with Crippen molar-refractivity contribution < 1.29 is 19.1 Å². The Labute approximate surface area is 165 Å². The Morgan fingerprint density at radius 1 is 1.04 bits per heavy atom. The number of imide groups is 1. The number of carbonyl (C=O) groups excluding carboxylic acids is 3. The number of halogens is 2. The number of ether oxygens (including phenoxy) is 1. The smallest absolute Gasteiger partial charge is 0.337 e. The molecule has 0 spiro atoms. The summed E-state index contributed by atoms with van der Waals surface area (Å²) in [5, 5.41) is 3.01. The van der Waals surface area contributed by atoms with Gasteiger partial charge in [-0.3, -0.25) is 9.59 Å². The number of rotatable bonds is 4. The summed E-state index contributed by atoms with van der Waals surface area (Å²) in [6.07, 6.45) is 0. The van der Waals surface area contributed by atoms with Gasteiger partial charge in [-0.25, -0.2) is 9.69 Å². The summed E-state index contributed by atoms with van der Waals surface area (Å²) in [4.78, 5) is 37.8. The maximum Gasteiger partial charge on any atom is 0.337 e. The van der Waals surface area contributed by atoms with Crippen LogP contribution in [-0.4, -0.2) is 24.9 Å². The molecular formula is C19H14Cl2N2O4. The van der Waals surface area contributed by atoms with E-state index < -0.39 is 17.8 Å². The quantitative estimate of drug-likeness (QED) is 0.618. The van der Waals surface area contributed by atoms with Gasteiger partial charge in [0.05, 0.1) is 18.4 Å². The number of hydrogen-bond acceptors (Lipinski definition) is 5. The third-order valence-electron chi connectivity index (χ3n) is 4.01. The van der Waals surface area contributed by atoms with E-state index in [1.807, 2.05) is 0 Å². The second-order valence-corrected chi connectivity index (χ2v) is 6.57. The lowest BCUT2D eigenvalue weighted by atomic mass is 10.2. The molecule has 0 saturated carbocycles. The van der Waals surface area contributed by atoms with Gasteiger partial charge in [0.15, 0.2) is 0 Å². The molecule has 0 bridgehead atoms. The first kappa shape index (κ1) is 18.9. The molecule has 0 fully saturated rings. The Morgan fingerprint density at radius 2 is 1.70 bits per heavy atom. The highest BCUT2D eigenvalue weighted by Crippen LogP contribution is 2.33. The van der Waals surface area contributed by atoms with Crippen LogP contribution in [0, 0.1) is 6.92 Å². The van der Waals surface area contributed by atoms with Crippen LogP contribution in [-0.2, 0) is 14.3 Å². The molecule has 0 radical (unpaired) electrons. The van der Waals surface area contributed by atoms with Gasteiger partial charge in [0.2, 0.25) is 0 Å². The van der Waals surface area contributed by atoms with Crippen LogP contribution in [0.25, 0.3) is 0 Å². The highest BCUT2D eigenvalue weighted by Gasteiger charge is 2.39. The fraction of sp³-hybridized carbons (Fsp3) is 0.105. The number of carbonyl (C=O) groups is 3. The molecule has 6 nitrogen and oxygen atoms in total. The second-order valence-electron chi connectivity index (χ2n) is 5.76. The SMILES string of the molecule is COC(=O)c1ccc(NC2=C(Cl)C(=O)N(c3cc(Cl)ccc3C)C2=O)cc1. The molecule has 0 aliphatic carbocycles. The molecule has 0 unspecified atom stereocenters. The van der Waals surface area contributed by atoms with Crippen molar-refractivity contribution >= 4 is 52.4 Å². The van der Waals surface area contributed by atoms with Crippen LogP contribution in [0.4, 0.5) is 11.4 Å². The van der Waals surface area contributed by atoms with Crippen LogP contribution >= 0.6 is 23.2 Å². The molecule has 2 aromatic rings. The van der Waals surface area contributed by atoms with Crippen LogP contribution in [0.5, 0.6) is 0 Å². The van der Waals surface area contributed by atoms with E-state index in [4.69, 9.17) is 23.2 Å². The van der Waals surface area contributed by atoms with Gasteiger partial charge in [-0.1, -0.05) is 29.3 Å². The van der Waals surface area contributed by atoms with Gasteiger partial charge < -0.3 is 10.1 Å². The molecule has 1 heterocycles. The van der Waals surface area contributed by atoms with Crippen LogP contribution in [0.1, 0.15) is 15.9 Å². The number of aryl methyl sites for hydroxylation is 1. The maximum atomic E-state index is 12.8. The summed E-state index contributed by atoms with van der Waals surface area (Å²) in [6, 6.07) is 11.1. The molecule has 27 heavy (non-hydrogen) atoms. The summed E-state index contributed by atoms with van der Waals surface area (Å²) < 4.78 is 4.64.